The third-order valence-corrected chi connectivity index (χ3v) is 4.56. The smallest absolute Gasteiger partial charge is 0.251 e. The third-order valence-electron chi connectivity index (χ3n) is 4.56. The van der Waals surface area contributed by atoms with E-state index in [2.05, 4.69) is 21.3 Å². The normalized spacial score (nSPS) is 11.3. The standard InChI is InChI=1S/C23H30N4O3/c1-4-14-24-22(29)17-6-10-19(11-7-17)25-15-21(28)27-20-12-8-18(9-13-20)23(30)26-16(3)5-2/h6-13,16,25H,4-5,14-15H2,1-3H3,(H,24,29)(H,26,30)(H,27,28). The molecule has 160 valence electrons. The van der Waals surface area contributed by atoms with E-state index in [4.69, 9.17) is 0 Å². The summed E-state index contributed by atoms with van der Waals surface area (Å²) in [7, 11) is 0. The van der Waals surface area contributed by atoms with Crippen molar-refractivity contribution in [1.29, 1.82) is 0 Å². The van der Waals surface area contributed by atoms with Crippen LogP contribution in [0.15, 0.2) is 48.5 Å². The van der Waals surface area contributed by atoms with Crippen LogP contribution in [0.25, 0.3) is 0 Å². The summed E-state index contributed by atoms with van der Waals surface area (Å²) in [4.78, 5) is 36.2. The first-order valence-electron chi connectivity index (χ1n) is 10.3. The van der Waals surface area contributed by atoms with Crippen molar-refractivity contribution in [3.63, 3.8) is 0 Å². The zero-order valence-corrected chi connectivity index (χ0v) is 17.7. The van der Waals surface area contributed by atoms with Crippen LogP contribution in [0.1, 0.15) is 54.3 Å². The molecule has 0 aliphatic heterocycles. The van der Waals surface area contributed by atoms with E-state index >= 15 is 0 Å². The second-order valence-corrected chi connectivity index (χ2v) is 7.10. The van der Waals surface area contributed by atoms with Gasteiger partial charge in [0.05, 0.1) is 6.54 Å². The van der Waals surface area contributed by atoms with E-state index < -0.39 is 0 Å². The number of amides is 3. The predicted molar refractivity (Wildman–Crippen MR) is 120 cm³/mol. The van der Waals surface area contributed by atoms with Crippen LogP contribution in [-0.2, 0) is 4.79 Å². The molecule has 2 aromatic carbocycles. The molecule has 0 saturated heterocycles. The molecule has 30 heavy (non-hydrogen) atoms. The molecule has 0 bridgehead atoms. The first-order chi connectivity index (χ1) is 14.4. The fourth-order valence-corrected chi connectivity index (χ4v) is 2.58. The number of nitrogens with one attached hydrogen (secondary N) is 4. The lowest BCUT2D eigenvalue weighted by Gasteiger charge is -2.12. The minimum absolute atomic E-state index is 0.0810. The Hall–Kier alpha value is -3.35. The summed E-state index contributed by atoms with van der Waals surface area (Å²) >= 11 is 0. The molecule has 2 aromatic rings. The maximum Gasteiger partial charge on any atom is 0.251 e. The predicted octanol–water partition coefficient (Wildman–Crippen LogP) is 3.41. The second-order valence-electron chi connectivity index (χ2n) is 7.10. The quantitative estimate of drug-likeness (QED) is 0.482. The summed E-state index contributed by atoms with van der Waals surface area (Å²) in [6.45, 7) is 6.68. The highest BCUT2D eigenvalue weighted by Gasteiger charge is 2.09. The average Bonchev–Trinajstić information content (AvgIpc) is 2.76. The van der Waals surface area contributed by atoms with Gasteiger partial charge < -0.3 is 21.3 Å². The number of hydrogen-bond acceptors (Lipinski definition) is 4. The fraction of sp³-hybridized carbons (Fsp3) is 0.348. The maximum absolute atomic E-state index is 12.2. The zero-order chi connectivity index (χ0) is 21.9. The van der Waals surface area contributed by atoms with Crippen molar-refractivity contribution >= 4 is 29.1 Å². The van der Waals surface area contributed by atoms with Gasteiger partial charge >= 0.3 is 0 Å². The Kier molecular flexibility index (Phi) is 8.87. The summed E-state index contributed by atoms with van der Waals surface area (Å²) in [5, 5.41) is 11.5. The molecule has 1 atom stereocenters. The van der Waals surface area contributed by atoms with Gasteiger partial charge in [0.25, 0.3) is 11.8 Å². The summed E-state index contributed by atoms with van der Waals surface area (Å²) in [5.41, 5.74) is 2.49. The maximum atomic E-state index is 12.2. The van der Waals surface area contributed by atoms with Gasteiger partial charge in [0.1, 0.15) is 0 Å². The van der Waals surface area contributed by atoms with Gasteiger partial charge in [0.15, 0.2) is 0 Å². The molecule has 2 rings (SSSR count). The number of hydrogen-bond donors (Lipinski definition) is 4. The fourth-order valence-electron chi connectivity index (χ4n) is 2.58. The molecular formula is C23H30N4O3. The van der Waals surface area contributed by atoms with Crippen molar-refractivity contribution in [2.75, 3.05) is 23.7 Å². The lowest BCUT2D eigenvalue weighted by Crippen LogP contribution is -2.31. The van der Waals surface area contributed by atoms with E-state index in [1.165, 1.54) is 0 Å². The van der Waals surface area contributed by atoms with E-state index in [9.17, 15) is 14.4 Å². The Balaban J connectivity index is 1.81. The Bertz CT molecular complexity index is 848. The highest BCUT2D eigenvalue weighted by molar-refractivity contribution is 5.97. The second kappa shape index (κ2) is 11.6. The van der Waals surface area contributed by atoms with E-state index in [0.717, 1.165) is 18.5 Å². The number of anilines is 2. The number of benzene rings is 2. The van der Waals surface area contributed by atoms with Gasteiger partial charge in [-0.1, -0.05) is 13.8 Å². The van der Waals surface area contributed by atoms with Crippen molar-refractivity contribution in [3.05, 3.63) is 59.7 Å². The zero-order valence-electron chi connectivity index (χ0n) is 17.7. The van der Waals surface area contributed by atoms with Gasteiger partial charge in [-0.3, -0.25) is 14.4 Å². The Morgan fingerprint density at radius 2 is 1.40 bits per heavy atom. The summed E-state index contributed by atoms with van der Waals surface area (Å²) in [5.74, 6) is -0.449. The molecule has 1 unspecified atom stereocenters. The van der Waals surface area contributed by atoms with Gasteiger partial charge in [-0.05, 0) is 68.3 Å². The van der Waals surface area contributed by atoms with Crippen LogP contribution < -0.4 is 21.3 Å². The molecule has 0 aliphatic rings. The average molecular weight is 411 g/mol. The van der Waals surface area contributed by atoms with E-state index in [0.29, 0.717) is 23.4 Å². The Morgan fingerprint density at radius 3 is 1.97 bits per heavy atom. The molecule has 7 nitrogen and oxygen atoms in total. The van der Waals surface area contributed by atoms with Crippen LogP contribution >= 0.6 is 0 Å². The van der Waals surface area contributed by atoms with Crippen molar-refractivity contribution < 1.29 is 14.4 Å². The summed E-state index contributed by atoms with van der Waals surface area (Å²) in [6, 6.07) is 13.8. The minimum Gasteiger partial charge on any atom is -0.376 e. The van der Waals surface area contributed by atoms with Crippen LogP contribution in [0.2, 0.25) is 0 Å². The first kappa shape index (κ1) is 22.9. The summed E-state index contributed by atoms with van der Waals surface area (Å²) < 4.78 is 0. The molecule has 3 amide bonds. The largest absolute Gasteiger partial charge is 0.376 e. The minimum atomic E-state index is -0.212. The molecule has 0 aliphatic carbocycles. The monoisotopic (exact) mass is 410 g/mol. The van der Waals surface area contributed by atoms with Crippen LogP contribution in [0.3, 0.4) is 0 Å². The van der Waals surface area contributed by atoms with Gasteiger partial charge in [-0.15, -0.1) is 0 Å². The van der Waals surface area contributed by atoms with Crippen LogP contribution in [0.5, 0.6) is 0 Å². The van der Waals surface area contributed by atoms with Gasteiger partial charge in [0, 0.05) is 35.1 Å². The van der Waals surface area contributed by atoms with Crippen LogP contribution in [-0.4, -0.2) is 36.9 Å². The number of carbonyl (C=O) groups is 3. The lowest BCUT2D eigenvalue weighted by molar-refractivity contribution is -0.114. The summed E-state index contributed by atoms with van der Waals surface area (Å²) in [6.07, 6.45) is 1.75. The molecular weight excluding hydrogens is 380 g/mol. The van der Waals surface area contributed by atoms with Crippen LogP contribution in [0, 0.1) is 0 Å². The molecule has 0 heterocycles. The molecule has 0 fully saturated rings. The first-order valence-corrected chi connectivity index (χ1v) is 10.3. The van der Waals surface area contributed by atoms with E-state index in [1.54, 1.807) is 48.5 Å². The Labute approximate surface area is 177 Å². The molecule has 0 saturated carbocycles. The third kappa shape index (κ3) is 7.24. The molecule has 0 spiro atoms. The van der Waals surface area contributed by atoms with E-state index in [1.807, 2.05) is 20.8 Å². The molecule has 0 radical (unpaired) electrons. The highest BCUT2D eigenvalue weighted by Crippen LogP contribution is 2.12. The van der Waals surface area contributed by atoms with Gasteiger partial charge in [0.2, 0.25) is 5.91 Å². The topological polar surface area (TPSA) is 99.3 Å². The van der Waals surface area contributed by atoms with E-state index in [-0.39, 0.29) is 30.3 Å². The van der Waals surface area contributed by atoms with Crippen molar-refractivity contribution in [3.8, 4) is 0 Å². The van der Waals surface area contributed by atoms with Crippen molar-refractivity contribution in [2.24, 2.45) is 0 Å². The molecule has 7 heteroatoms. The SMILES string of the molecule is CCCNC(=O)c1ccc(NCC(=O)Nc2ccc(C(=O)NC(C)CC)cc2)cc1. The molecule has 4 N–H and O–H groups in total. The molecule has 0 aromatic heterocycles. The highest BCUT2D eigenvalue weighted by atomic mass is 16.2. The van der Waals surface area contributed by atoms with Gasteiger partial charge in [-0.25, -0.2) is 0 Å². The van der Waals surface area contributed by atoms with Crippen LogP contribution in [0.4, 0.5) is 11.4 Å². The Morgan fingerprint density at radius 1 is 0.833 bits per heavy atom. The number of rotatable bonds is 10. The van der Waals surface area contributed by atoms with Crippen molar-refractivity contribution in [2.45, 2.75) is 39.7 Å². The lowest BCUT2D eigenvalue weighted by atomic mass is 10.1. The number of carbonyl (C=O) groups excluding carboxylic acids is 3. The van der Waals surface area contributed by atoms with Crippen molar-refractivity contribution in [1.82, 2.24) is 10.6 Å². The van der Waals surface area contributed by atoms with Gasteiger partial charge in [-0.2, -0.15) is 0 Å².